The Labute approximate surface area is 129 Å². The summed E-state index contributed by atoms with van der Waals surface area (Å²) in [6.45, 7) is 4.21. The van der Waals surface area contributed by atoms with E-state index in [-0.39, 0.29) is 6.10 Å². The first kappa shape index (κ1) is 14.4. The molecule has 0 unspecified atom stereocenters. The van der Waals surface area contributed by atoms with Crippen LogP contribution < -0.4 is 4.74 Å². The van der Waals surface area contributed by atoms with Crippen LogP contribution in [-0.4, -0.2) is 4.43 Å². The lowest BCUT2D eigenvalue weighted by atomic mass is 10.1. The Morgan fingerprint density at radius 1 is 1.05 bits per heavy atom. The van der Waals surface area contributed by atoms with E-state index < -0.39 is 0 Å². The molecule has 0 saturated carbocycles. The molecule has 0 spiro atoms. The Hall–Kier alpha value is -1.03. The Bertz CT molecular complexity index is 522. The van der Waals surface area contributed by atoms with Gasteiger partial charge in [-0.2, -0.15) is 0 Å². The van der Waals surface area contributed by atoms with Crippen LogP contribution in [0, 0.1) is 13.8 Å². The van der Waals surface area contributed by atoms with Crippen molar-refractivity contribution in [3.8, 4) is 5.75 Å². The maximum atomic E-state index is 6.22. The van der Waals surface area contributed by atoms with Gasteiger partial charge in [0.25, 0.3) is 0 Å². The first-order valence-electron chi connectivity index (χ1n) is 6.55. The van der Waals surface area contributed by atoms with Gasteiger partial charge in [-0.05, 0) is 37.5 Å². The van der Waals surface area contributed by atoms with Gasteiger partial charge in [-0.25, -0.2) is 0 Å². The minimum absolute atomic E-state index is 0.138. The molecule has 0 bridgehead atoms. The average molecular weight is 366 g/mol. The van der Waals surface area contributed by atoms with E-state index in [1.807, 2.05) is 6.07 Å². The lowest BCUT2D eigenvalue weighted by molar-refractivity contribution is 0.202. The molecule has 2 rings (SSSR count). The fourth-order valence-electron chi connectivity index (χ4n) is 2.15. The molecular formula is C17H19IO. The number of alkyl halides is 1. The van der Waals surface area contributed by atoms with E-state index in [1.165, 1.54) is 16.7 Å². The zero-order valence-corrected chi connectivity index (χ0v) is 13.6. The molecule has 0 aliphatic rings. The maximum Gasteiger partial charge on any atom is 0.124 e. The first-order valence-corrected chi connectivity index (χ1v) is 8.08. The summed E-state index contributed by atoms with van der Waals surface area (Å²) in [6, 6.07) is 16.8. The van der Waals surface area contributed by atoms with Crippen molar-refractivity contribution >= 4 is 22.6 Å². The second kappa shape index (κ2) is 6.94. The van der Waals surface area contributed by atoms with Crippen molar-refractivity contribution in [2.75, 3.05) is 4.43 Å². The van der Waals surface area contributed by atoms with Crippen molar-refractivity contribution in [1.29, 1.82) is 0 Å². The van der Waals surface area contributed by atoms with E-state index in [4.69, 9.17) is 4.74 Å². The van der Waals surface area contributed by atoms with Gasteiger partial charge in [0, 0.05) is 4.43 Å². The minimum Gasteiger partial charge on any atom is -0.485 e. The molecule has 0 heterocycles. The molecule has 0 aliphatic heterocycles. The summed E-state index contributed by atoms with van der Waals surface area (Å²) < 4.78 is 7.31. The molecule has 2 aromatic rings. The predicted octanol–water partition coefficient (Wildman–Crippen LogP) is 5.25. The van der Waals surface area contributed by atoms with Gasteiger partial charge in [-0.15, -0.1) is 0 Å². The third-order valence-corrected chi connectivity index (χ3v) is 3.77. The third kappa shape index (κ3) is 3.96. The van der Waals surface area contributed by atoms with Crippen molar-refractivity contribution in [2.24, 2.45) is 0 Å². The SMILES string of the molecule is Cc1ccc(O[C@H](CCI)c2ccccc2)c(C)c1. The highest BCUT2D eigenvalue weighted by Crippen LogP contribution is 2.28. The second-order valence-corrected chi connectivity index (χ2v) is 5.84. The molecule has 0 aliphatic carbocycles. The summed E-state index contributed by atoms with van der Waals surface area (Å²) in [7, 11) is 0. The molecule has 1 nitrogen and oxygen atoms in total. The highest BCUT2D eigenvalue weighted by Gasteiger charge is 2.13. The van der Waals surface area contributed by atoms with E-state index in [0.29, 0.717) is 0 Å². The van der Waals surface area contributed by atoms with Gasteiger partial charge in [-0.3, -0.25) is 0 Å². The molecule has 0 saturated heterocycles. The first-order chi connectivity index (χ1) is 9.20. The largest absolute Gasteiger partial charge is 0.485 e. The van der Waals surface area contributed by atoms with Crippen LogP contribution in [0.3, 0.4) is 0 Å². The minimum atomic E-state index is 0.138. The molecule has 0 fully saturated rings. The van der Waals surface area contributed by atoms with Crippen molar-refractivity contribution in [3.05, 3.63) is 65.2 Å². The van der Waals surface area contributed by atoms with Crippen LogP contribution in [0.1, 0.15) is 29.2 Å². The zero-order chi connectivity index (χ0) is 13.7. The number of ether oxygens (including phenoxy) is 1. The summed E-state index contributed by atoms with van der Waals surface area (Å²) in [5, 5.41) is 0. The smallest absolute Gasteiger partial charge is 0.124 e. The topological polar surface area (TPSA) is 9.23 Å². The number of aryl methyl sites for hydroxylation is 2. The van der Waals surface area contributed by atoms with Gasteiger partial charge in [0.1, 0.15) is 11.9 Å². The summed E-state index contributed by atoms with van der Waals surface area (Å²) in [5.74, 6) is 0.990. The van der Waals surface area contributed by atoms with Crippen LogP contribution in [0.2, 0.25) is 0 Å². The summed E-state index contributed by atoms with van der Waals surface area (Å²) in [6.07, 6.45) is 1.16. The van der Waals surface area contributed by atoms with Gasteiger partial charge < -0.3 is 4.74 Å². The van der Waals surface area contributed by atoms with Crippen LogP contribution in [-0.2, 0) is 0 Å². The third-order valence-electron chi connectivity index (χ3n) is 3.14. The van der Waals surface area contributed by atoms with Crippen molar-refractivity contribution in [3.63, 3.8) is 0 Å². The van der Waals surface area contributed by atoms with E-state index in [0.717, 1.165) is 16.6 Å². The Morgan fingerprint density at radius 2 is 1.79 bits per heavy atom. The normalized spacial score (nSPS) is 12.2. The Kier molecular flexibility index (Phi) is 5.25. The van der Waals surface area contributed by atoms with Crippen molar-refractivity contribution < 1.29 is 4.74 Å². The second-order valence-electron chi connectivity index (χ2n) is 4.76. The standard InChI is InChI=1S/C17H19IO/c1-13-8-9-16(14(2)12-13)19-17(10-11-18)15-6-4-3-5-7-15/h3-9,12,17H,10-11H2,1-2H3/t17-/m1/s1. The fraction of sp³-hybridized carbons (Fsp3) is 0.294. The molecular weight excluding hydrogens is 347 g/mol. The van der Waals surface area contributed by atoms with Crippen LogP contribution in [0.4, 0.5) is 0 Å². The molecule has 1 atom stereocenters. The molecule has 0 amide bonds. The monoisotopic (exact) mass is 366 g/mol. The highest BCUT2D eigenvalue weighted by molar-refractivity contribution is 14.1. The average Bonchev–Trinajstić information content (AvgIpc) is 2.42. The molecule has 0 N–H and O–H groups in total. The molecule has 0 radical (unpaired) electrons. The summed E-state index contributed by atoms with van der Waals surface area (Å²) >= 11 is 2.41. The summed E-state index contributed by atoms with van der Waals surface area (Å²) in [4.78, 5) is 0. The van der Waals surface area contributed by atoms with Crippen molar-refractivity contribution in [1.82, 2.24) is 0 Å². The quantitative estimate of drug-likeness (QED) is 0.519. The van der Waals surface area contributed by atoms with E-state index >= 15 is 0 Å². The molecule has 2 aromatic carbocycles. The Balaban J connectivity index is 2.21. The Morgan fingerprint density at radius 3 is 2.42 bits per heavy atom. The van der Waals surface area contributed by atoms with Gasteiger partial charge in [-0.1, -0.05) is 70.6 Å². The molecule has 2 heteroatoms. The van der Waals surface area contributed by atoms with Gasteiger partial charge in [0.2, 0.25) is 0 Å². The van der Waals surface area contributed by atoms with E-state index in [9.17, 15) is 0 Å². The van der Waals surface area contributed by atoms with Crippen LogP contribution >= 0.6 is 22.6 Å². The number of hydrogen-bond acceptors (Lipinski definition) is 1. The number of halogens is 1. The summed E-state index contributed by atoms with van der Waals surface area (Å²) in [5.41, 5.74) is 3.73. The highest BCUT2D eigenvalue weighted by atomic mass is 127. The zero-order valence-electron chi connectivity index (χ0n) is 11.4. The number of hydrogen-bond donors (Lipinski definition) is 0. The molecule has 19 heavy (non-hydrogen) atoms. The van der Waals surface area contributed by atoms with Crippen LogP contribution in [0.15, 0.2) is 48.5 Å². The molecule has 0 aromatic heterocycles. The molecule has 100 valence electrons. The van der Waals surface area contributed by atoms with Crippen molar-refractivity contribution in [2.45, 2.75) is 26.4 Å². The predicted molar refractivity (Wildman–Crippen MR) is 89.2 cm³/mol. The lowest BCUT2D eigenvalue weighted by Crippen LogP contribution is -2.09. The fourth-order valence-corrected chi connectivity index (χ4v) is 2.71. The van der Waals surface area contributed by atoms with Gasteiger partial charge in [0.15, 0.2) is 0 Å². The van der Waals surface area contributed by atoms with Gasteiger partial charge >= 0.3 is 0 Å². The maximum absolute atomic E-state index is 6.22. The number of rotatable bonds is 5. The van der Waals surface area contributed by atoms with Crippen LogP contribution in [0.5, 0.6) is 5.75 Å². The lowest BCUT2D eigenvalue weighted by Gasteiger charge is -2.20. The van der Waals surface area contributed by atoms with Gasteiger partial charge in [0.05, 0.1) is 0 Å². The number of benzene rings is 2. The van der Waals surface area contributed by atoms with E-state index in [2.05, 4.69) is 78.9 Å². The van der Waals surface area contributed by atoms with E-state index in [1.54, 1.807) is 0 Å². The van der Waals surface area contributed by atoms with Crippen LogP contribution in [0.25, 0.3) is 0 Å².